The van der Waals surface area contributed by atoms with E-state index in [0.29, 0.717) is 12.2 Å². The van der Waals surface area contributed by atoms with Crippen molar-refractivity contribution < 1.29 is 4.39 Å². The molecule has 2 nitrogen and oxygen atoms in total. The quantitative estimate of drug-likeness (QED) is 0.880. The van der Waals surface area contributed by atoms with Crippen molar-refractivity contribution in [3.63, 3.8) is 0 Å². The third-order valence-electron chi connectivity index (χ3n) is 3.13. The van der Waals surface area contributed by atoms with Gasteiger partial charge in [0.05, 0.1) is 5.69 Å². The molecule has 2 N–H and O–H groups in total. The van der Waals surface area contributed by atoms with Crippen LogP contribution >= 0.6 is 11.3 Å². The van der Waals surface area contributed by atoms with Gasteiger partial charge >= 0.3 is 0 Å². The minimum absolute atomic E-state index is 0.167. The Bertz CT molecular complexity index is 511. The van der Waals surface area contributed by atoms with E-state index in [2.05, 4.69) is 11.4 Å². The number of rotatable bonds is 6. The Morgan fingerprint density at radius 2 is 2.11 bits per heavy atom. The van der Waals surface area contributed by atoms with Gasteiger partial charge in [0.2, 0.25) is 0 Å². The second-order valence-electron chi connectivity index (χ2n) is 4.58. The molecule has 0 unspecified atom stereocenters. The number of hydrogen-bond donors (Lipinski definition) is 1. The summed E-state index contributed by atoms with van der Waals surface area (Å²) in [5.74, 6) is -0.167. The number of anilines is 1. The Morgan fingerprint density at radius 3 is 2.74 bits per heavy atom. The molecule has 0 aliphatic heterocycles. The number of nitrogens with two attached hydrogens (primary N) is 1. The van der Waals surface area contributed by atoms with Crippen molar-refractivity contribution in [2.45, 2.75) is 12.8 Å². The fraction of sp³-hybridized carbons (Fsp3) is 0.333. The van der Waals surface area contributed by atoms with E-state index in [1.165, 1.54) is 4.88 Å². The number of nitrogens with zero attached hydrogens (tertiary/aromatic N) is 1. The predicted molar refractivity (Wildman–Crippen MR) is 80.5 cm³/mol. The number of likely N-dealkylation sites (N-methyl/N-ethyl adjacent to an activating group) is 1. The van der Waals surface area contributed by atoms with Gasteiger partial charge in [0, 0.05) is 18.5 Å². The Kier molecular flexibility index (Phi) is 4.93. The maximum atomic E-state index is 14.0. The molecule has 0 amide bonds. The van der Waals surface area contributed by atoms with Gasteiger partial charge in [-0.3, -0.25) is 0 Å². The summed E-state index contributed by atoms with van der Waals surface area (Å²) in [6, 6.07) is 9.53. The lowest BCUT2D eigenvalue weighted by atomic mass is 10.1. The molecule has 0 fully saturated rings. The summed E-state index contributed by atoms with van der Waals surface area (Å²) in [5.41, 5.74) is 7.08. The fourth-order valence-electron chi connectivity index (χ4n) is 2.04. The van der Waals surface area contributed by atoms with Gasteiger partial charge in [-0.1, -0.05) is 12.1 Å². The van der Waals surface area contributed by atoms with Gasteiger partial charge in [-0.05, 0) is 48.5 Å². The van der Waals surface area contributed by atoms with Crippen LogP contribution in [0, 0.1) is 5.82 Å². The summed E-state index contributed by atoms with van der Waals surface area (Å²) in [7, 11) is 1.93. The molecule has 0 saturated carbocycles. The Morgan fingerprint density at radius 1 is 1.26 bits per heavy atom. The summed E-state index contributed by atoms with van der Waals surface area (Å²) in [6.45, 7) is 1.36. The molecule has 0 atom stereocenters. The van der Waals surface area contributed by atoms with E-state index >= 15 is 0 Å². The molecule has 1 heterocycles. The summed E-state index contributed by atoms with van der Waals surface area (Å²) in [4.78, 5) is 3.29. The zero-order chi connectivity index (χ0) is 13.7. The van der Waals surface area contributed by atoms with Crippen LogP contribution in [-0.4, -0.2) is 20.1 Å². The first-order valence-corrected chi connectivity index (χ1v) is 7.30. The minimum Gasteiger partial charge on any atom is -0.372 e. The van der Waals surface area contributed by atoms with Crippen molar-refractivity contribution in [2.75, 3.05) is 25.0 Å². The van der Waals surface area contributed by atoms with Crippen molar-refractivity contribution in [3.05, 3.63) is 52.0 Å². The second-order valence-corrected chi connectivity index (χ2v) is 5.61. The summed E-state index contributed by atoms with van der Waals surface area (Å²) < 4.78 is 14.0. The van der Waals surface area contributed by atoms with E-state index in [1.807, 2.05) is 30.1 Å². The van der Waals surface area contributed by atoms with E-state index in [0.717, 1.165) is 24.9 Å². The molecule has 1 aromatic carbocycles. The SMILES string of the molecule is CN(CCc1cccs1)c1ccc(CCN)cc1F. The molecule has 19 heavy (non-hydrogen) atoms. The Balaban J connectivity index is 2.00. The number of thiophene rings is 1. The molecule has 4 heteroatoms. The maximum absolute atomic E-state index is 14.0. The third-order valence-corrected chi connectivity index (χ3v) is 4.07. The normalized spacial score (nSPS) is 10.7. The third kappa shape index (κ3) is 3.78. The first-order valence-electron chi connectivity index (χ1n) is 6.42. The highest BCUT2D eigenvalue weighted by Gasteiger charge is 2.08. The van der Waals surface area contributed by atoms with Crippen LogP contribution in [0.5, 0.6) is 0 Å². The van der Waals surface area contributed by atoms with Gasteiger partial charge in [-0.15, -0.1) is 11.3 Å². The first kappa shape index (κ1) is 14.0. The number of benzene rings is 1. The molecule has 0 saturated heterocycles. The molecule has 102 valence electrons. The molecule has 0 aliphatic rings. The lowest BCUT2D eigenvalue weighted by Gasteiger charge is -2.20. The van der Waals surface area contributed by atoms with Gasteiger partial charge in [0.15, 0.2) is 0 Å². The van der Waals surface area contributed by atoms with E-state index in [-0.39, 0.29) is 5.82 Å². The van der Waals surface area contributed by atoms with Gasteiger partial charge in [-0.2, -0.15) is 0 Å². The van der Waals surface area contributed by atoms with Gasteiger partial charge < -0.3 is 10.6 Å². The van der Waals surface area contributed by atoms with Crippen LogP contribution in [0.3, 0.4) is 0 Å². The molecule has 2 aromatic rings. The molecule has 0 radical (unpaired) electrons. The largest absolute Gasteiger partial charge is 0.372 e. The zero-order valence-electron chi connectivity index (χ0n) is 11.1. The van der Waals surface area contributed by atoms with E-state index in [1.54, 1.807) is 17.4 Å². The van der Waals surface area contributed by atoms with Crippen molar-refractivity contribution in [1.82, 2.24) is 0 Å². The lowest BCUT2D eigenvalue weighted by Crippen LogP contribution is -2.21. The van der Waals surface area contributed by atoms with Crippen LogP contribution < -0.4 is 10.6 Å². The van der Waals surface area contributed by atoms with Gasteiger partial charge in [0.25, 0.3) is 0 Å². The Labute approximate surface area is 117 Å². The van der Waals surface area contributed by atoms with E-state index in [4.69, 9.17) is 5.73 Å². The Hall–Kier alpha value is -1.39. The summed E-state index contributed by atoms with van der Waals surface area (Å²) in [6.07, 6.45) is 1.66. The molecule has 1 aromatic heterocycles. The molecule has 0 spiro atoms. The number of halogens is 1. The smallest absolute Gasteiger partial charge is 0.146 e. The van der Waals surface area contributed by atoms with Crippen molar-refractivity contribution in [2.24, 2.45) is 5.73 Å². The summed E-state index contributed by atoms with van der Waals surface area (Å²) >= 11 is 1.74. The van der Waals surface area contributed by atoms with Crippen LogP contribution in [0.4, 0.5) is 10.1 Å². The molecule has 0 aliphatic carbocycles. The molecule has 0 bridgehead atoms. The van der Waals surface area contributed by atoms with Gasteiger partial charge in [0.1, 0.15) is 5.82 Å². The average Bonchev–Trinajstić information content (AvgIpc) is 2.89. The van der Waals surface area contributed by atoms with Crippen LogP contribution in [0.1, 0.15) is 10.4 Å². The van der Waals surface area contributed by atoms with Crippen LogP contribution in [0.15, 0.2) is 35.7 Å². The minimum atomic E-state index is -0.167. The first-order chi connectivity index (χ1) is 9.20. The maximum Gasteiger partial charge on any atom is 0.146 e. The summed E-state index contributed by atoms with van der Waals surface area (Å²) in [5, 5.41) is 2.07. The van der Waals surface area contributed by atoms with Crippen LogP contribution in [0.2, 0.25) is 0 Å². The van der Waals surface area contributed by atoms with Crippen molar-refractivity contribution in [3.8, 4) is 0 Å². The fourth-order valence-corrected chi connectivity index (χ4v) is 2.73. The van der Waals surface area contributed by atoms with Crippen molar-refractivity contribution in [1.29, 1.82) is 0 Å². The lowest BCUT2D eigenvalue weighted by molar-refractivity contribution is 0.620. The standard InChI is InChI=1S/C15H19FN2S/c1-18(9-7-13-3-2-10-19-13)15-5-4-12(6-8-17)11-14(15)16/h2-5,10-11H,6-9,17H2,1H3. The zero-order valence-corrected chi connectivity index (χ0v) is 11.9. The highest BCUT2D eigenvalue weighted by Crippen LogP contribution is 2.20. The molecular weight excluding hydrogens is 259 g/mol. The van der Waals surface area contributed by atoms with E-state index < -0.39 is 0 Å². The highest BCUT2D eigenvalue weighted by molar-refractivity contribution is 7.09. The van der Waals surface area contributed by atoms with Crippen molar-refractivity contribution >= 4 is 17.0 Å². The van der Waals surface area contributed by atoms with Crippen LogP contribution in [-0.2, 0) is 12.8 Å². The van der Waals surface area contributed by atoms with Crippen LogP contribution in [0.25, 0.3) is 0 Å². The topological polar surface area (TPSA) is 29.3 Å². The predicted octanol–water partition coefficient (Wildman–Crippen LogP) is 3.07. The second kappa shape index (κ2) is 6.68. The van der Waals surface area contributed by atoms with Gasteiger partial charge in [-0.25, -0.2) is 4.39 Å². The average molecular weight is 278 g/mol. The monoisotopic (exact) mass is 278 g/mol. The number of hydrogen-bond acceptors (Lipinski definition) is 3. The molecule has 2 rings (SSSR count). The highest BCUT2D eigenvalue weighted by atomic mass is 32.1. The van der Waals surface area contributed by atoms with E-state index in [9.17, 15) is 4.39 Å². The molecular formula is C15H19FN2S.